The topological polar surface area (TPSA) is 92.6 Å². The molecule has 0 bridgehead atoms. The van der Waals surface area contributed by atoms with Gasteiger partial charge in [-0.3, -0.25) is 9.52 Å². The fourth-order valence-electron chi connectivity index (χ4n) is 1.84. The lowest BCUT2D eigenvalue weighted by Gasteiger charge is -2.08. The molecule has 7 nitrogen and oxygen atoms in total. The Balaban J connectivity index is 1.93. The summed E-state index contributed by atoms with van der Waals surface area (Å²) in [6.45, 7) is 3.64. The maximum atomic E-state index is 12.0. The minimum Gasteiger partial charge on any atom is -0.351 e. The second kappa shape index (κ2) is 6.61. The molecule has 1 amide bonds. The van der Waals surface area contributed by atoms with E-state index < -0.39 is 10.0 Å². The predicted octanol–water partition coefficient (Wildman–Crippen LogP) is 1.16. The van der Waals surface area contributed by atoms with Crippen molar-refractivity contribution < 1.29 is 13.2 Å². The van der Waals surface area contributed by atoms with E-state index in [-0.39, 0.29) is 18.2 Å². The van der Waals surface area contributed by atoms with Crippen LogP contribution in [-0.2, 0) is 14.8 Å². The number of carbonyl (C=O) groups is 1. The number of sulfonamides is 1. The van der Waals surface area contributed by atoms with Crippen LogP contribution in [0.3, 0.4) is 0 Å². The number of fused-ring (bicyclic) bond motifs is 1. The monoisotopic (exact) mass is 322 g/mol. The molecule has 0 radical (unpaired) electrons. The molecule has 22 heavy (non-hydrogen) atoms. The Bertz CT molecular complexity index is 804. The van der Waals surface area contributed by atoms with Gasteiger partial charge in [-0.05, 0) is 32.0 Å². The zero-order chi connectivity index (χ0) is 16.2. The average molecular weight is 322 g/mol. The third-order valence-corrected chi connectivity index (χ3v) is 4.05. The third kappa shape index (κ3) is 4.59. The van der Waals surface area contributed by atoms with Crippen LogP contribution in [0.15, 0.2) is 42.2 Å². The second-order valence-corrected chi connectivity index (χ2v) is 6.89. The Morgan fingerprint density at radius 3 is 2.86 bits per heavy atom. The van der Waals surface area contributed by atoms with Crippen LogP contribution < -0.4 is 10.0 Å². The zero-order valence-electron chi connectivity index (χ0n) is 12.4. The highest BCUT2D eigenvalue weighted by Crippen LogP contribution is 2.12. The van der Waals surface area contributed by atoms with E-state index in [9.17, 15) is 13.2 Å². The van der Waals surface area contributed by atoms with Gasteiger partial charge >= 0.3 is 0 Å². The number of carbonyl (C=O) groups excluding carboxylic acids is 1. The summed E-state index contributed by atoms with van der Waals surface area (Å²) in [5.74, 6) is -0.490. The Kier molecular flexibility index (Phi) is 4.81. The largest absolute Gasteiger partial charge is 0.351 e. The second-order valence-electron chi connectivity index (χ2n) is 5.05. The molecule has 2 aromatic rings. The van der Waals surface area contributed by atoms with Crippen LogP contribution in [-0.4, -0.2) is 36.2 Å². The highest BCUT2D eigenvalue weighted by Gasteiger charge is 2.11. The molecule has 8 heteroatoms. The molecule has 0 unspecified atom stereocenters. The van der Waals surface area contributed by atoms with Crippen LogP contribution in [0.25, 0.3) is 5.52 Å². The number of aromatic nitrogens is 2. The van der Waals surface area contributed by atoms with Crippen molar-refractivity contribution in [1.82, 2.24) is 14.9 Å². The summed E-state index contributed by atoms with van der Waals surface area (Å²) in [4.78, 5) is 11.4. The summed E-state index contributed by atoms with van der Waals surface area (Å²) in [6, 6.07) is 5.09. The molecule has 0 aliphatic heterocycles. The van der Waals surface area contributed by atoms with Gasteiger partial charge in [-0.25, -0.2) is 12.9 Å². The van der Waals surface area contributed by atoms with Crippen molar-refractivity contribution in [3.63, 3.8) is 0 Å². The first-order valence-corrected chi connectivity index (χ1v) is 8.37. The minimum atomic E-state index is -3.53. The first-order valence-electron chi connectivity index (χ1n) is 6.72. The maximum absolute atomic E-state index is 12.0. The molecule has 0 saturated heterocycles. The van der Waals surface area contributed by atoms with Gasteiger partial charge in [0.25, 0.3) is 0 Å². The van der Waals surface area contributed by atoms with E-state index in [4.69, 9.17) is 0 Å². The number of rotatable bonds is 6. The van der Waals surface area contributed by atoms with Gasteiger partial charge in [0.05, 0.1) is 17.0 Å². The fourth-order valence-corrected chi connectivity index (χ4v) is 2.80. The smallest absolute Gasteiger partial charge is 0.243 e. The first-order chi connectivity index (χ1) is 10.4. The molecule has 2 heterocycles. The van der Waals surface area contributed by atoms with Crippen LogP contribution >= 0.6 is 0 Å². The lowest BCUT2D eigenvalue weighted by molar-refractivity contribution is -0.116. The third-order valence-electron chi connectivity index (χ3n) is 2.76. The van der Waals surface area contributed by atoms with Gasteiger partial charge in [-0.1, -0.05) is 5.57 Å². The summed E-state index contributed by atoms with van der Waals surface area (Å²) < 4.78 is 28.1. The van der Waals surface area contributed by atoms with Crippen molar-refractivity contribution in [2.24, 2.45) is 0 Å². The van der Waals surface area contributed by atoms with Crippen LogP contribution in [0.1, 0.15) is 13.8 Å². The molecule has 118 valence electrons. The number of hydrogen-bond acceptors (Lipinski definition) is 4. The van der Waals surface area contributed by atoms with Gasteiger partial charge in [0.15, 0.2) is 0 Å². The van der Waals surface area contributed by atoms with Gasteiger partial charge in [0, 0.05) is 25.0 Å². The number of pyridine rings is 1. The van der Waals surface area contributed by atoms with Gasteiger partial charge in [0.1, 0.15) is 0 Å². The number of nitrogens with zero attached hydrogens (tertiary/aromatic N) is 2. The number of allylic oxidation sites excluding steroid dienone is 1. The molecule has 0 atom stereocenters. The highest BCUT2D eigenvalue weighted by atomic mass is 32.2. The SMILES string of the molecule is CC(C)=CC(=O)NCCS(=O)(=O)Nc1ccn2nccc2c1. The summed E-state index contributed by atoms with van der Waals surface area (Å²) in [6.07, 6.45) is 4.73. The van der Waals surface area contributed by atoms with E-state index >= 15 is 0 Å². The Morgan fingerprint density at radius 2 is 2.14 bits per heavy atom. The molecule has 0 aliphatic carbocycles. The lowest BCUT2D eigenvalue weighted by Crippen LogP contribution is -2.30. The van der Waals surface area contributed by atoms with E-state index in [1.54, 1.807) is 49.0 Å². The van der Waals surface area contributed by atoms with Crippen molar-refractivity contribution >= 4 is 27.1 Å². The van der Waals surface area contributed by atoms with Crippen molar-refractivity contribution in [3.8, 4) is 0 Å². The van der Waals surface area contributed by atoms with Crippen molar-refractivity contribution in [3.05, 3.63) is 42.2 Å². The molecule has 0 spiro atoms. The molecular weight excluding hydrogens is 304 g/mol. The average Bonchev–Trinajstić information content (AvgIpc) is 2.84. The number of amides is 1. The van der Waals surface area contributed by atoms with E-state index in [0.717, 1.165) is 11.1 Å². The molecule has 0 aliphatic rings. The number of hydrogen-bond donors (Lipinski definition) is 2. The summed E-state index contributed by atoms with van der Waals surface area (Å²) in [5, 5.41) is 6.57. The number of anilines is 1. The maximum Gasteiger partial charge on any atom is 0.243 e. The quantitative estimate of drug-likeness (QED) is 0.781. The standard InChI is InChI=1S/C14H18N4O3S/c1-11(2)9-14(19)15-6-8-22(20,21)17-12-4-7-18-13(10-12)3-5-16-18/h3-5,7,9-10,17H,6,8H2,1-2H3,(H,15,19). The zero-order valence-corrected chi connectivity index (χ0v) is 13.2. The Hall–Kier alpha value is -2.35. The normalized spacial score (nSPS) is 11.2. The van der Waals surface area contributed by atoms with Crippen LogP contribution in [0, 0.1) is 0 Å². The van der Waals surface area contributed by atoms with E-state index in [0.29, 0.717) is 5.69 Å². The van der Waals surface area contributed by atoms with Crippen molar-refractivity contribution in [1.29, 1.82) is 0 Å². The molecule has 0 saturated carbocycles. The van der Waals surface area contributed by atoms with Crippen LogP contribution in [0.5, 0.6) is 0 Å². The molecule has 2 rings (SSSR count). The van der Waals surface area contributed by atoms with Gasteiger partial charge < -0.3 is 5.32 Å². The predicted molar refractivity (Wildman–Crippen MR) is 85.0 cm³/mol. The van der Waals surface area contributed by atoms with Crippen LogP contribution in [0.2, 0.25) is 0 Å². The van der Waals surface area contributed by atoms with Gasteiger partial charge in [-0.15, -0.1) is 0 Å². The Labute approximate surface area is 129 Å². The van der Waals surface area contributed by atoms with Crippen LogP contribution in [0.4, 0.5) is 5.69 Å². The fraction of sp³-hybridized carbons (Fsp3) is 0.286. The van der Waals surface area contributed by atoms with Crippen molar-refractivity contribution in [2.75, 3.05) is 17.0 Å². The molecule has 2 N–H and O–H groups in total. The lowest BCUT2D eigenvalue weighted by atomic mass is 10.3. The first kappa shape index (κ1) is 16.0. The van der Waals surface area contributed by atoms with Crippen molar-refractivity contribution in [2.45, 2.75) is 13.8 Å². The Morgan fingerprint density at radius 1 is 1.36 bits per heavy atom. The highest BCUT2D eigenvalue weighted by molar-refractivity contribution is 7.92. The molecule has 0 aromatic carbocycles. The van der Waals surface area contributed by atoms with E-state index in [1.165, 1.54) is 6.08 Å². The number of nitrogens with one attached hydrogen (secondary N) is 2. The molecule has 0 fully saturated rings. The van der Waals surface area contributed by atoms with Gasteiger partial charge in [-0.2, -0.15) is 5.10 Å². The van der Waals surface area contributed by atoms with Gasteiger partial charge in [0.2, 0.25) is 15.9 Å². The summed E-state index contributed by atoms with van der Waals surface area (Å²) in [7, 11) is -3.53. The van der Waals surface area contributed by atoms with E-state index in [1.807, 2.05) is 0 Å². The summed E-state index contributed by atoms with van der Waals surface area (Å²) >= 11 is 0. The minimum absolute atomic E-state index is 0.0485. The summed E-state index contributed by atoms with van der Waals surface area (Å²) in [5.41, 5.74) is 2.10. The van der Waals surface area contributed by atoms with E-state index in [2.05, 4.69) is 15.1 Å². The molecular formula is C14H18N4O3S. The molecule has 2 aromatic heterocycles.